The summed E-state index contributed by atoms with van der Waals surface area (Å²) in [5, 5.41) is 0.789. The maximum atomic E-state index is 13.6. The Balaban J connectivity index is 1.45. The van der Waals surface area contributed by atoms with Crippen LogP contribution in [0.2, 0.25) is 0 Å². The summed E-state index contributed by atoms with van der Waals surface area (Å²) in [7, 11) is 0. The fourth-order valence-electron chi connectivity index (χ4n) is 3.92. The monoisotopic (exact) mass is 352 g/mol. The van der Waals surface area contributed by atoms with Gasteiger partial charge in [0.05, 0.1) is 18.0 Å². The second kappa shape index (κ2) is 6.15. The molecule has 25 heavy (non-hydrogen) atoms. The molecule has 2 fully saturated rings. The molecule has 2 aromatic heterocycles. The molecule has 0 radical (unpaired) electrons. The van der Waals surface area contributed by atoms with Crippen LogP contribution in [0.15, 0.2) is 18.6 Å². The molecule has 0 saturated carbocycles. The fraction of sp³-hybridized carbons (Fsp3) is 0.625. The van der Waals surface area contributed by atoms with E-state index >= 15 is 0 Å². The van der Waals surface area contributed by atoms with Gasteiger partial charge in [-0.25, -0.2) is 18.7 Å². The lowest BCUT2D eigenvalue weighted by Gasteiger charge is -2.25. The average molecular weight is 352 g/mol. The number of alkyl halides is 2. The molecule has 0 spiro atoms. The Kier molecular flexibility index (Phi) is 4.09. The van der Waals surface area contributed by atoms with Gasteiger partial charge in [-0.1, -0.05) is 0 Å². The van der Waals surface area contributed by atoms with E-state index in [0.29, 0.717) is 12.4 Å². The van der Waals surface area contributed by atoms with Crippen LogP contribution in [0.5, 0.6) is 0 Å². The molecule has 0 bridgehead atoms. The van der Waals surface area contributed by atoms with Crippen LogP contribution in [0, 0.1) is 0 Å². The quantitative estimate of drug-likeness (QED) is 0.863. The first-order valence-corrected chi connectivity index (χ1v) is 8.51. The van der Waals surface area contributed by atoms with Crippen LogP contribution in [0.4, 0.5) is 14.6 Å². The fourth-order valence-corrected chi connectivity index (χ4v) is 3.92. The molecule has 2 saturated heterocycles. The highest BCUT2D eigenvalue weighted by molar-refractivity contribution is 5.86. The van der Waals surface area contributed by atoms with Gasteiger partial charge < -0.3 is 20.8 Å². The van der Waals surface area contributed by atoms with Crippen LogP contribution in [-0.2, 0) is 4.74 Å². The van der Waals surface area contributed by atoms with Crippen molar-refractivity contribution in [3.63, 3.8) is 0 Å². The number of fused-ring (bicyclic) bond motifs is 1. The molecule has 0 aliphatic carbocycles. The lowest BCUT2D eigenvalue weighted by Crippen LogP contribution is -2.40. The first kappa shape index (κ1) is 16.6. The number of hydrogen-bond donors (Lipinski definition) is 2. The number of halogens is 2. The van der Waals surface area contributed by atoms with E-state index in [2.05, 4.69) is 9.97 Å². The lowest BCUT2D eigenvalue weighted by molar-refractivity contribution is -0.0219. The number of likely N-dealkylation sites (tertiary alicyclic amines) is 1. The summed E-state index contributed by atoms with van der Waals surface area (Å²) in [6.45, 7) is 0.476. The Morgan fingerprint density at radius 1 is 1.32 bits per heavy atom. The molecule has 136 valence electrons. The van der Waals surface area contributed by atoms with Crippen LogP contribution in [0.3, 0.4) is 0 Å². The van der Waals surface area contributed by atoms with Crippen LogP contribution in [0.1, 0.15) is 25.5 Å². The second-order valence-corrected chi connectivity index (χ2v) is 6.89. The van der Waals surface area contributed by atoms with E-state index in [9.17, 15) is 8.78 Å². The minimum absolute atomic E-state index is 0.0930. The third kappa shape index (κ3) is 3.07. The molecule has 2 aromatic rings. The van der Waals surface area contributed by atoms with Crippen molar-refractivity contribution >= 4 is 16.9 Å². The van der Waals surface area contributed by atoms with Crippen molar-refractivity contribution in [1.29, 1.82) is 0 Å². The van der Waals surface area contributed by atoms with E-state index in [4.69, 9.17) is 16.2 Å². The molecule has 0 aromatic carbocycles. The van der Waals surface area contributed by atoms with Crippen molar-refractivity contribution in [2.24, 2.45) is 5.73 Å². The van der Waals surface area contributed by atoms with Gasteiger partial charge in [-0.2, -0.15) is 0 Å². The number of nitrogens with zero attached hydrogens (tertiary/aromatic N) is 4. The van der Waals surface area contributed by atoms with Gasteiger partial charge in [-0.05, 0) is 18.9 Å². The Hall–Kier alpha value is -1.84. The van der Waals surface area contributed by atoms with Gasteiger partial charge >= 0.3 is 0 Å². The summed E-state index contributed by atoms with van der Waals surface area (Å²) >= 11 is 0. The molecule has 0 amide bonds. The third-order valence-electron chi connectivity index (χ3n) is 5.13. The second-order valence-electron chi connectivity index (χ2n) is 6.89. The molecule has 4 rings (SSSR count). The molecule has 2 unspecified atom stereocenters. The zero-order valence-electron chi connectivity index (χ0n) is 13.8. The van der Waals surface area contributed by atoms with Crippen molar-refractivity contribution in [1.82, 2.24) is 19.4 Å². The van der Waals surface area contributed by atoms with E-state index in [0.717, 1.165) is 23.9 Å². The van der Waals surface area contributed by atoms with Crippen LogP contribution < -0.4 is 11.5 Å². The van der Waals surface area contributed by atoms with E-state index < -0.39 is 5.92 Å². The average Bonchev–Trinajstić information content (AvgIpc) is 3.25. The van der Waals surface area contributed by atoms with Crippen LogP contribution >= 0.6 is 0 Å². The number of nitrogens with two attached hydrogens (primary N) is 2. The number of rotatable bonds is 4. The molecule has 3 atom stereocenters. The Morgan fingerprint density at radius 3 is 2.96 bits per heavy atom. The van der Waals surface area contributed by atoms with Gasteiger partial charge in [0.2, 0.25) is 0 Å². The zero-order chi connectivity index (χ0) is 17.6. The highest BCUT2D eigenvalue weighted by Gasteiger charge is 2.45. The predicted octanol–water partition coefficient (Wildman–Crippen LogP) is 1.36. The van der Waals surface area contributed by atoms with E-state index in [1.807, 2.05) is 16.8 Å². The normalized spacial score (nSPS) is 29.6. The minimum atomic E-state index is -2.66. The molecule has 4 heterocycles. The van der Waals surface area contributed by atoms with Crippen molar-refractivity contribution in [3.05, 3.63) is 18.6 Å². The summed E-state index contributed by atoms with van der Waals surface area (Å²) in [5.41, 5.74) is 12.2. The minimum Gasteiger partial charge on any atom is -0.383 e. The molecule has 9 heteroatoms. The number of anilines is 1. The van der Waals surface area contributed by atoms with E-state index in [-0.39, 0.29) is 37.9 Å². The van der Waals surface area contributed by atoms with Gasteiger partial charge in [0.15, 0.2) is 0 Å². The van der Waals surface area contributed by atoms with Crippen molar-refractivity contribution in [3.8, 4) is 0 Å². The van der Waals surface area contributed by atoms with Crippen molar-refractivity contribution < 1.29 is 13.5 Å². The van der Waals surface area contributed by atoms with E-state index in [1.165, 1.54) is 6.33 Å². The van der Waals surface area contributed by atoms with Gasteiger partial charge in [0, 0.05) is 31.7 Å². The summed E-state index contributed by atoms with van der Waals surface area (Å²) in [4.78, 5) is 10.0. The van der Waals surface area contributed by atoms with Crippen molar-refractivity contribution in [2.75, 3.05) is 25.4 Å². The van der Waals surface area contributed by atoms with Gasteiger partial charge in [0.1, 0.15) is 24.0 Å². The number of aromatic nitrogens is 3. The van der Waals surface area contributed by atoms with Crippen LogP contribution in [-0.4, -0.2) is 57.1 Å². The smallest absolute Gasteiger partial charge is 0.262 e. The summed E-state index contributed by atoms with van der Waals surface area (Å²) in [6, 6.07) is 1.59. The predicted molar refractivity (Wildman–Crippen MR) is 89.1 cm³/mol. The molecular weight excluding hydrogens is 330 g/mol. The molecule has 4 N–H and O–H groups in total. The largest absolute Gasteiger partial charge is 0.383 e. The van der Waals surface area contributed by atoms with Crippen LogP contribution in [0.25, 0.3) is 11.0 Å². The number of hydrogen-bond acceptors (Lipinski definition) is 6. The number of nitrogen functional groups attached to an aromatic ring is 1. The van der Waals surface area contributed by atoms with Gasteiger partial charge in [-0.3, -0.25) is 4.90 Å². The first-order chi connectivity index (χ1) is 12.0. The maximum Gasteiger partial charge on any atom is 0.262 e. The first-order valence-electron chi connectivity index (χ1n) is 8.51. The molecular formula is C16H22F2N6O. The Morgan fingerprint density at radius 2 is 2.16 bits per heavy atom. The molecule has 2 aliphatic rings. The third-order valence-corrected chi connectivity index (χ3v) is 5.13. The molecule has 2 aliphatic heterocycles. The summed E-state index contributed by atoms with van der Waals surface area (Å²) in [5.74, 6) is -2.23. The zero-order valence-corrected chi connectivity index (χ0v) is 13.8. The number of ether oxygens (including phenoxy) is 1. The maximum absolute atomic E-state index is 13.6. The summed E-state index contributed by atoms with van der Waals surface area (Å²) < 4.78 is 35.3. The Labute approximate surface area is 143 Å². The highest BCUT2D eigenvalue weighted by Crippen LogP contribution is 2.35. The highest BCUT2D eigenvalue weighted by atomic mass is 19.3. The standard InChI is InChI=1S/C16H22F2N6O/c17-16(18)5-10(6-19)23(8-16)7-11-1-2-13(25-11)24-4-3-12-14(20)21-9-22-15(12)24/h3-4,9-11,13H,1-2,5-8,19H2,(H2,20,21,22)/t10-,11?,13?/m0/s1. The van der Waals surface area contributed by atoms with E-state index in [1.54, 1.807) is 4.90 Å². The van der Waals surface area contributed by atoms with Gasteiger partial charge in [0.25, 0.3) is 5.92 Å². The molecule has 7 nitrogen and oxygen atoms in total. The van der Waals surface area contributed by atoms with Gasteiger partial charge in [-0.15, -0.1) is 0 Å². The van der Waals surface area contributed by atoms with Crippen molar-refractivity contribution in [2.45, 2.75) is 43.6 Å². The summed E-state index contributed by atoms with van der Waals surface area (Å²) in [6.07, 6.45) is 4.49. The topological polar surface area (TPSA) is 95.2 Å². The SMILES string of the molecule is NC[C@@H]1CC(F)(F)CN1CC1CCC(n2ccc3c(N)ncnc32)O1. The Bertz CT molecular complexity index is 766. The lowest BCUT2D eigenvalue weighted by atomic mass is 10.2.